The molecule has 2 aromatic rings. The van der Waals surface area contributed by atoms with Gasteiger partial charge in [0.15, 0.2) is 0 Å². The Morgan fingerprint density at radius 3 is 2.37 bits per heavy atom. The van der Waals surface area contributed by atoms with Gasteiger partial charge in [0.05, 0.1) is 19.1 Å². The van der Waals surface area contributed by atoms with Crippen LogP contribution in [0.3, 0.4) is 0 Å². The first-order valence-corrected chi connectivity index (χ1v) is 15.1. The second kappa shape index (κ2) is 14.8. The number of methoxy groups -OCH3 is 1. The summed E-state index contributed by atoms with van der Waals surface area (Å²) in [5.74, 6) is 0.302. The van der Waals surface area contributed by atoms with Crippen molar-refractivity contribution in [1.82, 2.24) is 10.2 Å². The highest BCUT2D eigenvalue weighted by Crippen LogP contribution is 2.23. The van der Waals surface area contributed by atoms with Crippen molar-refractivity contribution in [3.63, 3.8) is 0 Å². The molecule has 0 radical (unpaired) electrons. The van der Waals surface area contributed by atoms with Crippen molar-refractivity contribution in [2.24, 2.45) is 0 Å². The number of carbonyl (C=O) groups is 2. The average Bonchev–Trinajstić information content (AvgIpc) is 2.87. The van der Waals surface area contributed by atoms with E-state index < -0.39 is 16.1 Å². The van der Waals surface area contributed by atoms with Crippen molar-refractivity contribution >= 4 is 27.5 Å². The van der Waals surface area contributed by atoms with E-state index in [9.17, 15) is 18.0 Å². The van der Waals surface area contributed by atoms with Gasteiger partial charge in [-0.3, -0.25) is 13.9 Å². The Kier molecular flexibility index (Phi) is 12.1. The highest BCUT2D eigenvalue weighted by molar-refractivity contribution is 7.92. The van der Waals surface area contributed by atoms with Gasteiger partial charge in [0, 0.05) is 26.1 Å². The van der Waals surface area contributed by atoms with Crippen molar-refractivity contribution in [3.05, 3.63) is 59.2 Å². The van der Waals surface area contributed by atoms with Crippen LogP contribution in [0.1, 0.15) is 62.6 Å². The summed E-state index contributed by atoms with van der Waals surface area (Å²) in [6, 6.07) is 12.3. The van der Waals surface area contributed by atoms with Crippen LogP contribution in [0, 0.1) is 13.8 Å². The van der Waals surface area contributed by atoms with Crippen LogP contribution in [0.25, 0.3) is 0 Å². The number of hydrogen-bond donors (Lipinski definition) is 1. The maximum Gasteiger partial charge on any atom is 0.242 e. The second-order valence-electron chi connectivity index (χ2n) is 9.65. The molecule has 210 valence electrons. The fourth-order valence-electron chi connectivity index (χ4n) is 4.28. The summed E-state index contributed by atoms with van der Waals surface area (Å²) in [7, 11) is -1.95. The molecule has 38 heavy (non-hydrogen) atoms. The van der Waals surface area contributed by atoms with Gasteiger partial charge in [-0.2, -0.15) is 0 Å². The first-order chi connectivity index (χ1) is 18.0. The maximum atomic E-state index is 13.5. The third-order valence-corrected chi connectivity index (χ3v) is 7.83. The molecule has 0 bridgehead atoms. The largest absolute Gasteiger partial charge is 0.497 e. The van der Waals surface area contributed by atoms with E-state index in [2.05, 4.69) is 12.2 Å². The van der Waals surface area contributed by atoms with Gasteiger partial charge < -0.3 is 15.0 Å². The highest BCUT2D eigenvalue weighted by atomic mass is 32.2. The van der Waals surface area contributed by atoms with Gasteiger partial charge in [-0.15, -0.1) is 0 Å². The lowest BCUT2D eigenvalue weighted by Crippen LogP contribution is -2.49. The topological polar surface area (TPSA) is 96.0 Å². The SMILES string of the molecule is CCCCNC(=O)[C@H](CC)N(Cc1cccc(OC)c1)C(=O)CCCN(c1ccc(C)c(C)c1)S(C)(=O)=O. The molecule has 1 N–H and O–H groups in total. The van der Waals surface area contributed by atoms with E-state index in [1.54, 1.807) is 18.1 Å². The average molecular weight is 546 g/mol. The number of sulfonamides is 1. The number of anilines is 1. The van der Waals surface area contributed by atoms with Crippen LogP contribution in [-0.4, -0.2) is 57.6 Å². The van der Waals surface area contributed by atoms with Gasteiger partial charge in [-0.1, -0.05) is 38.5 Å². The van der Waals surface area contributed by atoms with Crippen molar-refractivity contribution in [2.45, 2.75) is 72.4 Å². The van der Waals surface area contributed by atoms with E-state index in [1.807, 2.05) is 57.2 Å². The molecule has 2 rings (SSSR count). The Morgan fingerprint density at radius 1 is 1.03 bits per heavy atom. The normalized spacial score (nSPS) is 12.1. The molecule has 9 heteroatoms. The summed E-state index contributed by atoms with van der Waals surface area (Å²) in [5.41, 5.74) is 3.51. The number of rotatable bonds is 15. The number of nitrogens with zero attached hydrogens (tertiary/aromatic N) is 2. The first kappa shape index (κ1) is 31.1. The lowest BCUT2D eigenvalue weighted by Gasteiger charge is -2.31. The fourth-order valence-corrected chi connectivity index (χ4v) is 5.24. The molecule has 2 amide bonds. The van der Waals surface area contributed by atoms with E-state index in [0.717, 1.165) is 29.5 Å². The molecular formula is C29H43N3O5S. The fraction of sp³-hybridized carbons (Fsp3) is 0.517. The molecule has 1 atom stereocenters. The minimum atomic E-state index is -3.54. The number of hydrogen-bond acceptors (Lipinski definition) is 5. The maximum absolute atomic E-state index is 13.5. The van der Waals surface area contributed by atoms with E-state index in [4.69, 9.17) is 4.74 Å². The van der Waals surface area contributed by atoms with Crippen LogP contribution in [0.15, 0.2) is 42.5 Å². The molecular weight excluding hydrogens is 502 g/mol. The van der Waals surface area contributed by atoms with Crippen LogP contribution in [0.4, 0.5) is 5.69 Å². The van der Waals surface area contributed by atoms with E-state index in [1.165, 1.54) is 10.6 Å². The van der Waals surface area contributed by atoms with Crippen LogP contribution in [0.5, 0.6) is 5.75 Å². The molecule has 0 aliphatic heterocycles. The van der Waals surface area contributed by atoms with Crippen molar-refractivity contribution < 1.29 is 22.7 Å². The standard InChI is InChI=1S/C29H43N3O5S/c1-7-9-17-30-29(34)27(8-2)31(21-24-12-10-13-26(20-24)37-5)28(33)14-11-18-32(38(6,35)36)25-16-15-22(3)23(4)19-25/h10,12-13,15-16,19-20,27H,7-9,11,14,17-18,21H2,1-6H3,(H,30,34)/t27-/m0/s1. The van der Waals surface area contributed by atoms with Gasteiger partial charge in [-0.25, -0.2) is 8.42 Å². The van der Waals surface area contributed by atoms with Crippen LogP contribution in [0.2, 0.25) is 0 Å². The Labute approximate surface area is 228 Å². The summed E-state index contributed by atoms with van der Waals surface area (Å²) in [4.78, 5) is 28.2. The second-order valence-corrected chi connectivity index (χ2v) is 11.6. The number of aryl methyl sites for hydroxylation is 2. The van der Waals surface area contributed by atoms with Crippen LogP contribution < -0.4 is 14.4 Å². The predicted molar refractivity (Wildman–Crippen MR) is 153 cm³/mol. The molecule has 0 aliphatic rings. The number of benzene rings is 2. The molecule has 0 unspecified atom stereocenters. The number of carbonyl (C=O) groups excluding carboxylic acids is 2. The van der Waals surface area contributed by atoms with Crippen molar-refractivity contribution in [2.75, 3.05) is 30.8 Å². The lowest BCUT2D eigenvalue weighted by molar-refractivity contribution is -0.141. The zero-order valence-electron chi connectivity index (χ0n) is 23.6. The highest BCUT2D eigenvalue weighted by Gasteiger charge is 2.29. The molecule has 0 aliphatic carbocycles. The third-order valence-electron chi connectivity index (χ3n) is 6.63. The minimum Gasteiger partial charge on any atom is -0.497 e. The summed E-state index contributed by atoms with van der Waals surface area (Å²) in [5, 5.41) is 2.96. The lowest BCUT2D eigenvalue weighted by atomic mass is 10.1. The first-order valence-electron chi connectivity index (χ1n) is 13.3. The van der Waals surface area contributed by atoms with E-state index >= 15 is 0 Å². The molecule has 0 spiro atoms. The summed E-state index contributed by atoms with van der Waals surface area (Å²) in [6.07, 6.45) is 3.90. The van der Waals surface area contributed by atoms with Gasteiger partial charge in [-0.05, 0) is 74.1 Å². The van der Waals surface area contributed by atoms with Crippen molar-refractivity contribution in [1.29, 1.82) is 0 Å². The summed E-state index contributed by atoms with van der Waals surface area (Å²) < 4.78 is 31.8. The Balaban J connectivity index is 2.23. The molecule has 0 saturated heterocycles. The molecule has 0 fully saturated rings. The minimum absolute atomic E-state index is 0.111. The number of ether oxygens (including phenoxy) is 1. The van der Waals surface area contributed by atoms with Gasteiger partial charge in [0.25, 0.3) is 0 Å². The Morgan fingerprint density at radius 2 is 1.76 bits per heavy atom. The third kappa shape index (κ3) is 9.04. The Bertz CT molecular complexity index is 1180. The molecule has 0 saturated carbocycles. The van der Waals surface area contributed by atoms with E-state index in [0.29, 0.717) is 30.8 Å². The molecule has 8 nitrogen and oxygen atoms in total. The molecule has 0 aromatic heterocycles. The van der Waals surface area contributed by atoms with E-state index in [-0.39, 0.29) is 31.3 Å². The Hall–Kier alpha value is -3.07. The predicted octanol–water partition coefficient (Wildman–Crippen LogP) is 4.58. The van der Waals surface area contributed by atoms with Crippen LogP contribution >= 0.6 is 0 Å². The zero-order chi connectivity index (χ0) is 28.3. The summed E-state index contributed by atoms with van der Waals surface area (Å²) in [6.45, 7) is 8.84. The van der Waals surface area contributed by atoms with Gasteiger partial charge in [0.2, 0.25) is 21.8 Å². The van der Waals surface area contributed by atoms with Gasteiger partial charge in [0.1, 0.15) is 11.8 Å². The molecule has 2 aromatic carbocycles. The monoisotopic (exact) mass is 545 g/mol. The number of amides is 2. The summed E-state index contributed by atoms with van der Waals surface area (Å²) >= 11 is 0. The molecule has 0 heterocycles. The van der Waals surface area contributed by atoms with Crippen LogP contribution in [-0.2, 0) is 26.2 Å². The quantitative estimate of drug-likeness (QED) is 0.331. The zero-order valence-corrected chi connectivity index (χ0v) is 24.4. The van der Waals surface area contributed by atoms with Gasteiger partial charge >= 0.3 is 0 Å². The van der Waals surface area contributed by atoms with Crippen molar-refractivity contribution in [3.8, 4) is 5.75 Å². The smallest absolute Gasteiger partial charge is 0.242 e. The number of nitrogens with one attached hydrogen (secondary N) is 1. The number of unbranched alkanes of at least 4 members (excludes halogenated alkanes) is 1.